The van der Waals surface area contributed by atoms with Gasteiger partial charge in [-0.1, -0.05) is 12.8 Å². The van der Waals surface area contributed by atoms with Crippen LogP contribution in [0, 0.1) is 11.8 Å². The van der Waals surface area contributed by atoms with E-state index in [9.17, 15) is 4.79 Å². The summed E-state index contributed by atoms with van der Waals surface area (Å²) >= 11 is 0. The first-order valence-corrected chi connectivity index (χ1v) is 7.21. The first-order valence-electron chi connectivity index (χ1n) is 7.21. The van der Waals surface area contributed by atoms with Gasteiger partial charge in [-0.15, -0.1) is 0 Å². The third-order valence-corrected chi connectivity index (χ3v) is 4.41. The number of aliphatic carboxylic acids is 1. The Morgan fingerprint density at radius 1 is 1.00 bits per heavy atom. The number of carboxylic acid groups (broad SMARTS) is 1. The summed E-state index contributed by atoms with van der Waals surface area (Å²) in [7, 11) is 0. The smallest absolute Gasteiger partial charge is 0.306 e. The van der Waals surface area contributed by atoms with E-state index in [1.165, 1.54) is 45.3 Å². The molecule has 1 aliphatic heterocycles. The summed E-state index contributed by atoms with van der Waals surface area (Å²) in [6.07, 6.45) is 9.52. The van der Waals surface area contributed by atoms with E-state index >= 15 is 0 Å². The number of hydrogen-bond acceptors (Lipinski definition) is 2. The molecule has 0 atom stereocenters. The zero-order valence-electron chi connectivity index (χ0n) is 10.7. The van der Waals surface area contributed by atoms with Gasteiger partial charge in [-0.25, -0.2) is 0 Å². The molecule has 0 radical (unpaired) electrons. The van der Waals surface area contributed by atoms with E-state index in [0.717, 1.165) is 31.6 Å². The Bertz CT molecular complexity index is 239. The number of likely N-dealkylation sites (tertiary alicyclic amines) is 1. The highest BCUT2D eigenvalue weighted by atomic mass is 16.4. The van der Waals surface area contributed by atoms with Crippen molar-refractivity contribution in [3.8, 4) is 0 Å². The largest absolute Gasteiger partial charge is 0.481 e. The molecule has 0 aromatic carbocycles. The molecule has 0 unspecified atom stereocenters. The molecule has 1 N–H and O–H groups in total. The summed E-state index contributed by atoms with van der Waals surface area (Å²) in [5.74, 6) is 0.109. The van der Waals surface area contributed by atoms with Crippen molar-refractivity contribution < 1.29 is 9.90 Å². The molecular weight excluding hydrogens is 214 g/mol. The van der Waals surface area contributed by atoms with Gasteiger partial charge in [0.05, 0.1) is 5.92 Å². The monoisotopic (exact) mass is 239 g/mol. The summed E-state index contributed by atoms with van der Waals surface area (Å²) in [5.41, 5.74) is 0. The fourth-order valence-corrected chi connectivity index (χ4v) is 3.28. The quantitative estimate of drug-likeness (QED) is 0.823. The highest BCUT2D eigenvalue weighted by Crippen LogP contribution is 2.29. The van der Waals surface area contributed by atoms with Gasteiger partial charge in [0.1, 0.15) is 0 Å². The molecule has 1 saturated carbocycles. The van der Waals surface area contributed by atoms with Gasteiger partial charge >= 0.3 is 5.97 Å². The van der Waals surface area contributed by atoms with Gasteiger partial charge in [-0.2, -0.15) is 0 Å². The number of hydrogen-bond donors (Lipinski definition) is 1. The Balaban J connectivity index is 1.71. The lowest BCUT2D eigenvalue weighted by Gasteiger charge is -2.30. The Hall–Kier alpha value is -0.570. The van der Waals surface area contributed by atoms with Crippen LogP contribution < -0.4 is 0 Å². The van der Waals surface area contributed by atoms with Crippen LogP contribution in [0.2, 0.25) is 0 Å². The van der Waals surface area contributed by atoms with Gasteiger partial charge in [-0.05, 0) is 57.5 Å². The topological polar surface area (TPSA) is 40.5 Å². The van der Waals surface area contributed by atoms with Gasteiger partial charge < -0.3 is 10.0 Å². The van der Waals surface area contributed by atoms with Crippen molar-refractivity contribution in [1.82, 2.24) is 4.90 Å². The minimum absolute atomic E-state index is 0.0598. The van der Waals surface area contributed by atoms with Crippen molar-refractivity contribution in [1.29, 1.82) is 0 Å². The molecule has 1 saturated heterocycles. The summed E-state index contributed by atoms with van der Waals surface area (Å²) in [5, 5.41) is 8.97. The van der Waals surface area contributed by atoms with E-state index in [1.54, 1.807) is 0 Å². The fraction of sp³-hybridized carbons (Fsp3) is 0.929. The van der Waals surface area contributed by atoms with Crippen LogP contribution in [0.5, 0.6) is 0 Å². The zero-order valence-corrected chi connectivity index (χ0v) is 10.7. The first kappa shape index (κ1) is 12.9. The molecule has 1 heterocycles. The van der Waals surface area contributed by atoms with Gasteiger partial charge in [0.2, 0.25) is 0 Å². The lowest BCUT2D eigenvalue weighted by atomic mass is 9.82. The SMILES string of the molecule is O=C(O)C1CCC(CN2CCCCCC2)CC1. The van der Waals surface area contributed by atoms with E-state index in [1.807, 2.05) is 0 Å². The molecule has 0 aromatic heterocycles. The molecule has 17 heavy (non-hydrogen) atoms. The van der Waals surface area contributed by atoms with Crippen LogP contribution in [0.3, 0.4) is 0 Å². The van der Waals surface area contributed by atoms with E-state index in [-0.39, 0.29) is 5.92 Å². The predicted octanol–water partition coefficient (Wildman–Crippen LogP) is 2.75. The molecule has 0 amide bonds. The van der Waals surface area contributed by atoms with Crippen molar-refractivity contribution in [3.05, 3.63) is 0 Å². The highest BCUT2D eigenvalue weighted by Gasteiger charge is 2.26. The predicted molar refractivity (Wildman–Crippen MR) is 68.0 cm³/mol. The van der Waals surface area contributed by atoms with Crippen LogP contribution in [-0.4, -0.2) is 35.6 Å². The Morgan fingerprint density at radius 2 is 1.59 bits per heavy atom. The summed E-state index contributed by atoms with van der Waals surface area (Å²) < 4.78 is 0. The molecule has 2 fully saturated rings. The summed E-state index contributed by atoms with van der Waals surface area (Å²) in [6, 6.07) is 0. The third kappa shape index (κ3) is 3.98. The van der Waals surface area contributed by atoms with Gasteiger partial charge in [-0.3, -0.25) is 4.79 Å². The lowest BCUT2D eigenvalue weighted by molar-refractivity contribution is -0.143. The van der Waals surface area contributed by atoms with Gasteiger partial charge in [0, 0.05) is 6.54 Å². The molecule has 2 aliphatic rings. The number of nitrogens with zero attached hydrogens (tertiary/aromatic N) is 1. The van der Waals surface area contributed by atoms with E-state index < -0.39 is 5.97 Å². The van der Waals surface area contributed by atoms with Crippen molar-refractivity contribution in [2.75, 3.05) is 19.6 Å². The molecule has 1 aliphatic carbocycles. The summed E-state index contributed by atoms with van der Waals surface area (Å²) in [4.78, 5) is 13.5. The van der Waals surface area contributed by atoms with Crippen molar-refractivity contribution >= 4 is 5.97 Å². The Labute approximate surface area is 104 Å². The average molecular weight is 239 g/mol. The number of rotatable bonds is 3. The maximum absolute atomic E-state index is 10.9. The molecule has 3 nitrogen and oxygen atoms in total. The van der Waals surface area contributed by atoms with Crippen LogP contribution in [-0.2, 0) is 4.79 Å². The third-order valence-electron chi connectivity index (χ3n) is 4.41. The van der Waals surface area contributed by atoms with Crippen LogP contribution in [0.1, 0.15) is 51.4 Å². The maximum Gasteiger partial charge on any atom is 0.306 e. The summed E-state index contributed by atoms with van der Waals surface area (Å²) in [6.45, 7) is 3.74. The van der Waals surface area contributed by atoms with Crippen LogP contribution in [0.15, 0.2) is 0 Å². The highest BCUT2D eigenvalue weighted by molar-refractivity contribution is 5.69. The lowest BCUT2D eigenvalue weighted by Crippen LogP contribution is -2.33. The van der Waals surface area contributed by atoms with Crippen LogP contribution >= 0.6 is 0 Å². The van der Waals surface area contributed by atoms with Crippen molar-refractivity contribution in [2.24, 2.45) is 11.8 Å². The second-order valence-corrected chi connectivity index (χ2v) is 5.77. The van der Waals surface area contributed by atoms with Gasteiger partial charge in [0.25, 0.3) is 0 Å². The second kappa shape index (κ2) is 6.39. The van der Waals surface area contributed by atoms with Crippen LogP contribution in [0.25, 0.3) is 0 Å². The first-order chi connectivity index (χ1) is 8.25. The number of carbonyl (C=O) groups is 1. The number of carboxylic acids is 1. The van der Waals surface area contributed by atoms with E-state index in [0.29, 0.717) is 0 Å². The molecule has 0 spiro atoms. The van der Waals surface area contributed by atoms with Crippen molar-refractivity contribution in [2.45, 2.75) is 51.4 Å². The normalized spacial score (nSPS) is 32.0. The molecule has 98 valence electrons. The van der Waals surface area contributed by atoms with Gasteiger partial charge in [0.15, 0.2) is 0 Å². The van der Waals surface area contributed by atoms with Crippen LogP contribution in [0.4, 0.5) is 0 Å². The maximum atomic E-state index is 10.9. The second-order valence-electron chi connectivity index (χ2n) is 5.77. The van der Waals surface area contributed by atoms with Crippen molar-refractivity contribution in [3.63, 3.8) is 0 Å². The molecule has 3 heteroatoms. The molecule has 2 rings (SSSR count). The zero-order chi connectivity index (χ0) is 12.1. The fourth-order valence-electron chi connectivity index (χ4n) is 3.28. The van der Waals surface area contributed by atoms with E-state index in [4.69, 9.17) is 5.11 Å². The molecular formula is C14H25NO2. The van der Waals surface area contributed by atoms with E-state index in [2.05, 4.69) is 4.90 Å². The Kier molecular flexibility index (Phi) is 4.84. The standard InChI is InChI=1S/C14H25NO2/c16-14(17)13-7-5-12(6-8-13)11-15-9-3-1-2-4-10-15/h12-13H,1-11H2,(H,16,17). The Morgan fingerprint density at radius 3 is 2.12 bits per heavy atom. The minimum Gasteiger partial charge on any atom is -0.481 e. The average Bonchev–Trinajstić information content (AvgIpc) is 2.58. The molecule has 0 bridgehead atoms. The minimum atomic E-state index is -0.585. The molecule has 0 aromatic rings.